The first-order valence-corrected chi connectivity index (χ1v) is 6.51. The average molecular weight is 266 g/mol. The monoisotopic (exact) mass is 266 g/mol. The number of sulfonamides is 1. The Kier molecular flexibility index (Phi) is 3.49. The molecule has 0 atom stereocenters. The molecule has 18 heavy (non-hydrogen) atoms. The minimum Gasteiger partial charge on any atom is -0.366 e. The number of nitrogens with zero attached hydrogens (tertiary/aromatic N) is 2. The summed E-state index contributed by atoms with van der Waals surface area (Å²) in [6, 6.07) is 4.42. The Morgan fingerprint density at radius 2 is 2.17 bits per heavy atom. The summed E-state index contributed by atoms with van der Waals surface area (Å²) in [6.07, 6.45) is 3.99. The van der Waals surface area contributed by atoms with Crippen molar-refractivity contribution in [2.75, 3.05) is 0 Å². The van der Waals surface area contributed by atoms with Gasteiger partial charge in [-0.25, -0.2) is 13.1 Å². The van der Waals surface area contributed by atoms with E-state index in [0.29, 0.717) is 5.69 Å². The Balaban J connectivity index is 2.19. The summed E-state index contributed by atoms with van der Waals surface area (Å²) >= 11 is 0. The number of aromatic amines is 1. The van der Waals surface area contributed by atoms with Gasteiger partial charge < -0.3 is 4.98 Å². The van der Waals surface area contributed by atoms with E-state index in [4.69, 9.17) is 0 Å². The van der Waals surface area contributed by atoms with E-state index < -0.39 is 15.5 Å². The van der Waals surface area contributed by atoms with Gasteiger partial charge in [0, 0.05) is 24.7 Å². The average Bonchev–Trinajstić information content (AvgIpc) is 2.38. The summed E-state index contributed by atoms with van der Waals surface area (Å²) in [5, 5.41) is 7.36. The smallest absolute Gasteiger partial charge is 0.246 e. The van der Waals surface area contributed by atoms with Crippen LogP contribution < -0.4 is 10.2 Å². The Morgan fingerprint density at radius 1 is 1.33 bits per heavy atom. The van der Waals surface area contributed by atoms with Crippen LogP contribution in [-0.4, -0.2) is 23.6 Å². The lowest BCUT2D eigenvalue weighted by Gasteiger charge is -2.04. The molecule has 0 saturated carbocycles. The van der Waals surface area contributed by atoms with Crippen LogP contribution in [0.15, 0.2) is 46.5 Å². The van der Waals surface area contributed by atoms with E-state index in [1.807, 2.05) is 0 Å². The quantitative estimate of drug-likeness (QED) is 0.786. The maximum atomic E-state index is 11.8. The van der Waals surface area contributed by atoms with Crippen LogP contribution in [0.4, 0.5) is 0 Å². The summed E-state index contributed by atoms with van der Waals surface area (Å²) < 4.78 is 26.0. The number of hydrogen-bond donors (Lipinski definition) is 2. The van der Waals surface area contributed by atoms with Crippen LogP contribution in [0.1, 0.15) is 5.69 Å². The SMILES string of the molecule is O=c1cc[nH]cc1S(=O)(=O)NCc1cccnn1. The van der Waals surface area contributed by atoms with E-state index in [2.05, 4.69) is 19.9 Å². The molecule has 0 aliphatic rings. The van der Waals surface area contributed by atoms with Crippen molar-refractivity contribution in [1.29, 1.82) is 0 Å². The molecule has 0 amide bonds. The molecule has 2 aromatic rings. The van der Waals surface area contributed by atoms with Crippen molar-refractivity contribution in [1.82, 2.24) is 19.9 Å². The third kappa shape index (κ3) is 2.79. The van der Waals surface area contributed by atoms with Crippen LogP contribution >= 0.6 is 0 Å². The fourth-order valence-corrected chi connectivity index (χ4v) is 2.33. The molecular formula is C10H10N4O3S. The second kappa shape index (κ2) is 5.07. The zero-order valence-electron chi connectivity index (χ0n) is 9.20. The molecule has 2 N–H and O–H groups in total. The Labute approximate surface area is 103 Å². The largest absolute Gasteiger partial charge is 0.366 e. The Morgan fingerprint density at radius 3 is 2.83 bits per heavy atom. The first-order valence-electron chi connectivity index (χ1n) is 5.03. The fourth-order valence-electron chi connectivity index (χ4n) is 1.29. The van der Waals surface area contributed by atoms with Crippen LogP contribution in [0.25, 0.3) is 0 Å². The molecule has 0 fully saturated rings. The van der Waals surface area contributed by atoms with Crippen molar-refractivity contribution >= 4 is 10.0 Å². The van der Waals surface area contributed by atoms with Gasteiger partial charge in [0.15, 0.2) is 0 Å². The van der Waals surface area contributed by atoms with E-state index >= 15 is 0 Å². The zero-order chi connectivity index (χ0) is 13.0. The molecule has 0 bridgehead atoms. The predicted molar refractivity (Wildman–Crippen MR) is 63.1 cm³/mol. The van der Waals surface area contributed by atoms with Gasteiger partial charge in [0.05, 0.1) is 12.2 Å². The van der Waals surface area contributed by atoms with Gasteiger partial charge in [0.25, 0.3) is 0 Å². The van der Waals surface area contributed by atoms with Crippen molar-refractivity contribution in [3.63, 3.8) is 0 Å². The Hall–Kier alpha value is -2.06. The van der Waals surface area contributed by atoms with Gasteiger partial charge in [-0.3, -0.25) is 4.79 Å². The first kappa shape index (κ1) is 12.4. The van der Waals surface area contributed by atoms with Crippen molar-refractivity contribution in [2.24, 2.45) is 0 Å². The van der Waals surface area contributed by atoms with Crippen molar-refractivity contribution in [3.05, 3.63) is 52.7 Å². The van der Waals surface area contributed by atoms with Gasteiger partial charge in [-0.15, -0.1) is 0 Å². The van der Waals surface area contributed by atoms with Crippen LogP contribution in [0.5, 0.6) is 0 Å². The van der Waals surface area contributed by atoms with E-state index in [-0.39, 0.29) is 11.4 Å². The van der Waals surface area contributed by atoms with Crippen LogP contribution in [0.3, 0.4) is 0 Å². The first-order chi connectivity index (χ1) is 8.59. The second-order valence-electron chi connectivity index (χ2n) is 3.41. The highest BCUT2D eigenvalue weighted by molar-refractivity contribution is 7.89. The summed E-state index contributed by atoms with van der Waals surface area (Å²) in [5.74, 6) is 0. The molecule has 0 saturated heterocycles. The lowest BCUT2D eigenvalue weighted by Crippen LogP contribution is -2.28. The van der Waals surface area contributed by atoms with E-state index in [1.54, 1.807) is 12.1 Å². The van der Waals surface area contributed by atoms with Crippen molar-refractivity contribution < 1.29 is 8.42 Å². The van der Waals surface area contributed by atoms with Crippen molar-refractivity contribution in [3.8, 4) is 0 Å². The highest BCUT2D eigenvalue weighted by atomic mass is 32.2. The molecule has 0 aliphatic carbocycles. The molecule has 0 aliphatic heterocycles. The van der Waals surface area contributed by atoms with Gasteiger partial charge in [0.2, 0.25) is 15.5 Å². The molecular weight excluding hydrogens is 256 g/mol. The Bertz CT molecular complexity index is 682. The van der Waals surface area contributed by atoms with Gasteiger partial charge >= 0.3 is 0 Å². The molecule has 7 nitrogen and oxygen atoms in total. The van der Waals surface area contributed by atoms with Gasteiger partial charge in [-0.2, -0.15) is 10.2 Å². The molecule has 0 spiro atoms. The zero-order valence-corrected chi connectivity index (χ0v) is 10.0. The summed E-state index contributed by atoms with van der Waals surface area (Å²) in [7, 11) is -3.85. The molecule has 2 heterocycles. The minimum absolute atomic E-state index is 0.0233. The number of H-pyrrole nitrogens is 1. The maximum Gasteiger partial charge on any atom is 0.246 e. The minimum atomic E-state index is -3.85. The summed E-state index contributed by atoms with van der Waals surface area (Å²) in [4.78, 5) is 13.6. The highest BCUT2D eigenvalue weighted by Crippen LogP contribution is 2.01. The number of rotatable bonds is 4. The van der Waals surface area contributed by atoms with Crippen LogP contribution in [0.2, 0.25) is 0 Å². The second-order valence-corrected chi connectivity index (χ2v) is 5.15. The topological polar surface area (TPSA) is 105 Å². The fraction of sp³-hybridized carbons (Fsp3) is 0.100. The molecule has 8 heteroatoms. The highest BCUT2D eigenvalue weighted by Gasteiger charge is 2.17. The third-order valence-corrected chi connectivity index (χ3v) is 3.57. The normalized spacial score (nSPS) is 11.3. The standard InChI is InChI=1S/C10H10N4O3S/c15-9-3-5-11-7-10(9)18(16,17)13-6-8-2-1-4-12-14-8/h1-5,7,13H,6H2,(H,11,15). The number of aromatic nitrogens is 3. The van der Waals surface area contributed by atoms with E-state index in [9.17, 15) is 13.2 Å². The number of pyridine rings is 1. The molecule has 0 aromatic carbocycles. The van der Waals surface area contributed by atoms with Gasteiger partial charge in [0.1, 0.15) is 4.90 Å². The van der Waals surface area contributed by atoms with E-state index in [0.717, 1.165) is 12.3 Å². The molecule has 2 aromatic heterocycles. The van der Waals surface area contributed by atoms with Crippen molar-refractivity contribution in [2.45, 2.75) is 11.4 Å². The lowest BCUT2D eigenvalue weighted by atomic mass is 10.4. The third-order valence-electron chi connectivity index (χ3n) is 2.15. The van der Waals surface area contributed by atoms with Crippen LogP contribution in [-0.2, 0) is 16.6 Å². The maximum absolute atomic E-state index is 11.8. The summed E-state index contributed by atoms with van der Waals surface area (Å²) in [6.45, 7) is -0.0233. The van der Waals surface area contributed by atoms with Crippen LogP contribution in [0, 0.1) is 0 Å². The predicted octanol–water partition coefficient (Wildman–Crippen LogP) is -0.357. The van der Waals surface area contributed by atoms with Gasteiger partial charge in [-0.05, 0) is 12.1 Å². The molecule has 2 rings (SSSR count). The number of hydrogen-bond acceptors (Lipinski definition) is 5. The lowest BCUT2D eigenvalue weighted by molar-refractivity contribution is 0.578. The molecule has 94 valence electrons. The molecule has 0 unspecified atom stereocenters. The summed E-state index contributed by atoms with van der Waals surface area (Å²) in [5.41, 5.74) is -0.103. The number of nitrogens with one attached hydrogen (secondary N) is 2. The molecule has 0 radical (unpaired) electrons. The van der Waals surface area contributed by atoms with E-state index in [1.165, 1.54) is 12.4 Å². The van der Waals surface area contributed by atoms with Gasteiger partial charge in [-0.1, -0.05) is 0 Å².